The number of para-hydroxylation sites is 1. The Morgan fingerprint density at radius 1 is 0.750 bits per heavy atom. The summed E-state index contributed by atoms with van der Waals surface area (Å²) < 4.78 is 13.1. The molecule has 1 N–H and O–H groups in total. The average molecular weight is 374 g/mol. The number of nitrogens with zero attached hydrogens (tertiary/aromatic N) is 1. The van der Waals surface area contributed by atoms with Gasteiger partial charge in [-0.15, -0.1) is 0 Å². The quantitative estimate of drug-likeness (QED) is 0.488. The van der Waals surface area contributed by atoms with Gasteiger partial charge in [0.15, 0.2) is 11.5 Å². The van der Waals surface area contributed by atoms with Crippen LogP contribution in [0.1, 0.15) is 18.1 Å². The third kappa shape index (κ3) is 3.32. The van der Waals surface area contributed by atoms with Gasteiger partial charge in [0.25, 0.3) is 0 Å². The second-order valence-electron chi connectivity index (χ2n) is 6.91. The molecule has 0 unspecified atom stereocenters. The normalized spacial score (nSPS) is 11.2. The van der Waals surface area contributed by atoms with Crippen molar-refractivity contribution < 1.29 is 9.47 Å². The maximum absolute atomic E-state index is 5.39. The SMILES string of the molecule is CCn1c2ccccc2c2cc(CNCc3ccc(OC)c(OC)c3)ccc21. The fourth-order valence-electron chi connectivity index (χ4n) is 3.89. The Morgan fingerprint density at radius 3 is 2.18 bits per heavy atom. The molecule has 0 radical (unpaired) electrons. The molecule has 0 atom stereocenters. The first-order chi connectivity index (χ1) is 13.7. The topological polar surface area (TPSA) is 35.4 Å². The number of rotatable bonds is 7. The fraction of sp³-hybridized carbons (Fsp3) is 0.250. The largest absolute Gasteiger partial charge is 0.493 e. The van der Waals surface area contributed by atoms with E-state index in [2.05, 4.69) is 65.3 Å². The lowest BCUT2D eigenvalue weighted by atomic mass is 10.1. The summed E-state index contributed by atoms with van der Waals surface area (Å²) >= 11 is 0. The van der Waals surface area contributed by atoms with E-state index in [0.717, 1.165) is 31.1 Å². The average Bonchev–Trinajstić information content (AvgIpc) is 3.06. The molecule has 0 aliphatic rings. The first-order valence-electron chi connectivity index (χ1n) is 9.66. The molecule has 1 heterocycles. The zero-order chi connectivity index (χ0) is 19.5. The fourth-order valence-corrected chi connectivity index (χ4v) is 3.89. The van der Waals surface area contributed by atoms with Crippen molar-refractivity contribution in [2.24, 2.45) is 0 Å². The molecule has 4 heteroatoms. The first-order valence-corrected chi connectivity index (χ1v) is 9.66. The minimum atomic E-state index is 0.754. The summed E-state index contributed by atoms with van der Waals surface area (Å²) in [4.78, 5) is 0. The lowest BCUT2D eigenvalue weighted by Crippen LogP contribution is -2.12. The number of benzene rings is 3. The monoisotopic (exact) mass is 374 g/mol. The summed E-state index contributed by atoms with van der Waals surface area (Å²) in [5.74, 6) is 1.51. The standard InChI is InChI=1S/C24H26N2O2/c1-4-26-21-8-6-5-7-19(21)20-13-17(9-11-22(20)26)15-25-16-18-10-12-23(27-2)24(14-18)28-3/h5-14,25H,4,15-16H2,1-3H3. The molecule has 0 aliphatic carbocycles. The second kappa shape index (κ2) is 7.95. The van der Waals surface area contributed by atoms with Gasteiger partial charge in [-0.3, -0.25) is 0 Å². The molecule has 0 saturated heterocycles. The summed E-state index contributed by atoms with van der Waals surface area (Å²) in [5.41, 5.74) is 5.05. The number of nitrogens with one attached hydrogen (secondary N) is 1. The predicted octanol–water partition coefficient (Wildman–Crippen LogP) is 5.12. The summed E-state index contributed by atoms with van der Waals surface area (Å²) in [6.45, 7) is 4.76. The number of aromatic nitrogens is 1. The van der Waals surface area contributed by atoms with Gasteiger partial charge in [-0.05, 0) is 48.4 Å². The zero-order valence-electron chi connectivity index (χ0n) is 16.7. The Kier molecular flexibility index (Phi) is 5.22. The van der Waals surface area contributed by atoms with Crippen LogP contribution in [0, 0.1) is 0 Å². The van der Waals surface area contributed by atoms with Gasteiger partial charge in [-0.25, -0.2) is 0 Å². The van der Waals surface area contributed by atoms with E-state index in [9.17, 15) is 0 Å². The van der Waals surface area contributed by atoms with Gasteiger partial charge >= 0.3 is 0 Å². The van der Waals surface area contributed by atoms with E-state index in [1.54, 1.807) is 14.2 Å². The van der Waals surface area contributed by atoms with Crippen LogP contribution < -0.4 is 14.8 Å². The van der Waals surface area contributed by atoms with Crippen LogP contribution in [0.25, 0.3) is 21.8 Å². The number of hydrogen-bond donors (Lipinski definition) is 1. The first kappa shape index (κ1) is 18.4. The number of aryl methyl sites for hydroxylation is 1. The van der Waals surface area contributed by atoms with Gasteiger partial charge < -0.3 is 19.4 Å². The summed E-state index contributed by atoms with van der Waals surface area (Å²) in [7, 11) is 3.32. The number of ether oxygens (including phenoxy) is 2. The van der Waals surface area contributed by atoms with Crippen LogP contribution in [0.3, 0.4) is 0 Å². The van der Waals surface area contributed by atoms with Gasteiger partial charge in [-0.1, -0.05) is 30.3 Å². The van der Waals surface area contributed by atoms with Crippen molar-refractivity contribution in [2.75, 3.05) is 14.2 Å². The highest BCUT2D eigenvalue weighted by Gasteiger charge is 2.10. The molecular formula is C24H26N2O2. The molecule has 4 nitrogen and oxygen atoms in total. The third-order valence-electron chi connectivity index (χ3n) is 5.26. The maximum atomic E-state index is 5.39. The minimum absolute atomic E-state index is 0.754. The summed E-state index contributed by atoms with van der Waals surface area (Å²) in [6, 6.07) is 21.4. The van der Waals surface area contributed by atoms with Crippen LogP contribution in [0.2, 0.25) is 0 Å². The van der Waals surface area contributed by atoms with Gasteiger partial charge in [-0.2, -0.15) is 0 Å². The Labute approximate surface area is 165 Å². The van der Waals surface area contributed by atoms with Gasteiger partial charge in [0, 0.05) is 41.4 Å². The number of methoxy groups -OCH3 is 2. The molecule has 0 amide bonds. The van der Waals surface area contributed by atoms with Crippen molar-refractivity contribution in [1.82, 2.24) is 9.88 Å². The molecule has 28 heavy (non-hydrogen) atoms. The Morgan fingerprint density at radius 2 is 1.43 bits per heavy atom. The highest BCUT2D eigenvalue weighted by Crippen LogP contribution is 2.30. The Balaban J connectivity index is 1.53. The zero-order valence-corrected chi connectivity index (χ0v) is 16.7. The third-order valence-corrected chi connectivity index (χ3v) is 5.26. The van der Waals surface area contributed by atoms with Crippen molar-refractivity contribution in [1.29, 1.82) is 0 Å². The predicted molar refractivity (Wildman–Crippen MR) is 115 cm³/mol. The van der Waals surface area contributed by atoms with Crippen molar-refractivity contribution >= 4 is 21.8 Å². The smallest absolute Gasteiger partial charge is 0.161 e. The molecular weight excluding hydrogens is 348 g/mol. The van der Waals surface area contributed by atoms with Crippen molar-refractivity contribution in [3.8, 4) is 11.5 Å². The maximum Gasteiger partial charge on any atom is 0.161 e. The van der Waals surface area contributed by atoms with Crippen LogP contribution >= 0.6 is 0 Å². The van der Waals surface area contributed by atoms with E-state index in [1.165, 1.54) is 32.9 Å². The van der Waals surface area contributed by atoms with Crippen LogP contribution in [0.5, 0.6) is 11.5 Å². The lowest BCUT2D eigenvalue weighted by molar-refractivity contribution is 0.354. The van der Waals surface area contributed by atoms with Crippen LogP contribution in [-0.2, 0) is 19.6 Å². The van der Waals surface area contributed by atoms with Crippen molar-refractivity contribution in [3.63, 3.8) is 0 Å². The molecule has 0 spiro atoms. The molecule has 0 fully saturated rings. The van der Waals surface area contributed by atoms with E-state index in [4.69, 9.17) is 9.47 Å². The molecule has 3 aromatic carbocycles. The summed E-state index contributed by atoms with van der Waals surface area (Å²) in [5, 5.41) is 6.18. The Hall–Kier alpha value is -2.98. The van der Waals surface area contributed by atoms with Crippen molar-refractivity contribution in [3.05, 3.63) is 71.8 Å². The molecule has 4 aromatic rings. The van der Waals surface area contributed by atoms with Crippen LogP contribution in [-0.4, -0.2) is 18.8 Å². The van der Waals surface area contributed by atoms with E-state index >= 15 is 0 Å². The van der Waals surface area contributed by atoms with Crippen molar-refractivity contribution in [2.45, 2.75) is 26.6 Å². The molecule has 144 valence electrons. The van der Waals surface area contributed by atoms with E-state index < -0.39 is 0 Å². The molecule has 0 aliphatic heterocycles. The highest BCUT2D eigenvalue weighted by molar-refractivity contribution is 6.08. The molecule has 1 aromatic heterocycles. The molecule has 0 saturated carbocycles. The Bertz CT molecular complexity index is 1110. The van der Waals surface area contributed by atoms with Gasteiger partial charge in [0.1, 0.15) is 0 Å². The highest BCUT2D eigenvalue weighted by atomic mass is 16.5. The summed E-state index contributed by atoms with van der Waals surface area (Å²) in [6.07, 6.45) is 0. The molecule has 4 rings (SSSR count). The number of hydrogen-bond acceptors (Lipinski definition) is 3. The minimum Gasteiger partial charge on any atom is -0.493 e. The lowest BCUT2D eigenvalue weighted by Gasteiger charge is -2.10. The van der Waals surface area contributed by atoms with Gasteiger partial charge in [0.05, 0.1) is 14.2 Å². The van der Waals surface area contributed by atoms with Gasteiger partial charge in [0.2, 0.25) is 0 Å². The second-order valence-corrected chi connectivity index (χ2v) is 6.91. The van der Waals surface area contributed by atoms with E-state index in [1.807, 2.05) is 12.1 Å². The van der Waals surface area contributed by atoms with Crippen LogP contribution in [0.4, 0.5) is 0 Å². The molecule has 0 bridgehead atoms. The van der Waals surface area contributed by atoms with E-state index in [-0.39, 0.29) is 0 Å². The van der Waals surface area contributed by atoms with E-state index in [0.29, 0.717) is 0 Å². The number of fused-ring (bicyclic) bond motifs is 3. The van der Waals surface area contributed by atoms with Crippen LogP contribution in [0.15, 0.2) is 60.7 Å².